The largest absolute Gasteiger partial charge is 0.387 e. The van der Waals surface area contributed by atoms with E-state index in [0.717, 1.165) is 11.4 Å². The van der Waals surface area contributed by atoms with Crippen molar-refractivity contribution >= 4 is 22.4 Å². The maximum atomic E-state index is 11.8. The first-order valence-corrected chi connectivity index (χ1v) is 7.00. The van der Waals surface area contributed by atoms with E-state index in [4.69, 9.17) is 0 Å². The maximum absolute atomic E-state index is 11.8. The van der Waals surface area contributed by atoms with E-state index in [1.54, 1.807) is 19.5 Å². The number of aromatic nitrogens is 1. The number of carbonyl (C=O) groups excluding carboxylic acids is 1. The molecule has 1 unspecified atom stereocenters. The standard InChI is InChI=1S/C11H17N3O2S/c1-8-6-10(12-2)9(7-14-8)11(15)13-4-5-17(3)16/h6-7H,4-5H2,1-3H3,(H,12,14)(H,13,15). The van der Waals surface area contributed by atoms with Crippen LogP contribution in [0.2, 0.25) is 0 Å². The molecule has 1 heterocycles. The Morgan fingerprint density at radius 2 is 2.24 bits per heavy atom. The highest BCUT2D eigenvalue weighted by Crippen LogP contribution is 2.14. The molecular formula is C11H17N3O2S. The molecule has 0 fully saturated rings. The Balaban J connectivity index is 2.71. The third kappa shape index (κ3) is 4.14. The summed E-state index contributed by atoms with van der Waals surface area (Å²) in [6.07, 6.45) is 3.15. The van der Waals surface area contributed by atoms with Crippen molar-refractivity contribution in [2.45, 2.75) is 6.92 Å². The molecule has 17 heavy (non-hydrogen) atoms. The van der Waals surface area contributed by atoms with Crippen molar-refractivity contribution in [2.24, 2.45) is 0 Å². The summed E-state index contributed by atoms with van der Waals surface area (Å²) in [6, 6.07) is 1.81. The number of anilines is 1. The Morgan fingerprint density at radius 1 is 1.53 bits per heavy atom. The Hall–Kier alpha value is -1.43. The molecule has 2 N–H and O–H groups in total. The van der Waals surface area contributed by atoms with Crippen LogP contribution in [0.3, 0.4) is 0 Å². The van der Waals surface area contributed by atoms with E-state index < -0.39 is 10.8 Å². The highest BCUT2D eigenvalue weighted by Gasteiger charge is 2.11. The Bertz CT molecular complexity index is 435. The monoisotopic (exact) mass is 255 g/mol. The molecule has 6 heteroatoms. The zero-order valence-electron chi connectivity index (χ0n) is 10.2. The molecule has 1 aromatic rings. The minimum atomic E-state index is -0.895. The molecule has 0 saturated heterocycles. The number of carbonyl (C=O) groups is 1. The Kier molecular flexibility index (Phi) is 5.09. The zero-order chi connectivity index (χ0) is 12.8. The van der Waals surface area contributed by atoms with Gasteiger partial charge in [-0.1, -0.05) is 0 Å². The van der Waals surface area contributed by atoms with E-state index in [2.05, 4.69) is 15.6 Å². The van der Waals surface area contributed by atoms with Crippen LogP contribution >= 0.6 is 0 Å². The number of hydrogen-bond donors (Lipinski definition) is 2. The van der Waals surface area contributed by atoms with Crippen molar-refractivity contribution in [1.82, 2.24) is 10.3 Å². The fourth-order valence-electron chi connectivity index (χ4n) is 1.35. The van der Waals surface area contributed by atoms with Gasteiger partial charge in [-0.25, -0.2) is 0 Å². The predicted octanol–water partition coefficient (Wildman–Crippen LogP) is 0.540. The molecule has 0 saturated carbocycles. The van der Waals surface area contributed by atoms with Gasteiger partial charge in [0, 0.05) is 48.3 Å². The summed E-state index contributed by atoms with van der Waals surface area (Å²) in [6.45, 7) is 2.27. The molecule has 1 atom stereocenters. The van der Waals surface area contributed by atoms with E-state index >= 15 is 0 Å². The average Bonchev–Trinajstić information content (AvgIpc) is 2.28. The summed E-state index contributed by atoms with van der Waals surface area (Å²) in [7, 11) is 0.861. The van der Waals surface area contributed by atoms with Crippen LogP contribution < -0.4 is 10.6 Å². The number of nitrogens with zero attached hydrogens (tertiary/aromatic N) is 1. The fraction of sp³-hybridized carbons (Fsp3) is 0.455. The van der Waals surface area contributed by atoms with Gasteiger partial charge in [-0.3, -0.25) is 14.0 Å². The van der Waals surface area contributed by atoms with Gasteiger partial charge in [0.2, 0.25) is 0 Å². The average molecular weight is 255 g/mol. The van der Waals surface area contributed by atoms with Gasteiger partial charge in [0.05, 0.1) is 11.3 Å². The van der Waals surface area contributed by atoms with Crippen molar-refractivity contribution in [3.63, 3.8) is 0 Å². The summed E-state index contributed by atoms with van der Waals surface area (Å²) in [4.78, 5) is 15.9. The number of pyridine rings is 1. The van der Waals surface area contributed by atoms with E-state index in [1.807, 2.05) is 13.0 Å². The molecule has 0 aliphatic rings. The fourth-order valence-corrected chi connectivity index (χ4v) is 1.74. The van der Waals surface area contributed by atoms with Crippen LogP contribution in [0.1, 0.15) is 16.1 Å². The van der Waals surface area contributed by atoms with Crippen LogP contribution in [-0.4, -0.2) is 40.7 Å². The molecule has 0 aliphatic heterocycles. The Labute approximate surface area is 103 Å². The minimum absolute atomic E-state index is 0.202. The maximum Gasteiger partial charge on any atom is 0.254 e. The van der Waals surface area contributed by atoms with Crippen molar-refractivity contribution in [3.8, 4) is 0 Å². The first kappa shape index (κ1) is 13.6. The van der Waals surface area contributed by atoms with E-state index in [1.165, 1.54) is 0 Å². The number of hydrogen-bond acceptors (Lipinski definition) is 4. The number of amides is 1. The van der Waals surface area contributed by atoms with Crippen LogP contribution in [0, 0.1) is 6.92 Å². The minimum Gasteiger partial charge on any atom is -0.387 e. The second kappa shape index (κ2) is 6.34. The van der Waals surface area contributed by atoms with Crippen LogP contribution in [0.5, 0.6) is 0 Å². The zero-order valence-corrected chi connectivity index (χ0v) is 11.1. The molecule has 0 spiro atoms. The normalized spacial score (nSPS) is 11.9. The van der Waals surface area contributed by atoms with Gasteiger partial charge >= 0.3 is 0 Å². The van der Waals surface area contributed by atoms with Crippen molar-refractivity contribution in [1.29, 1.82) is 0 Å². The quantitative estimate of drug-likeness (QED) is 0.805. The highest BCUT2D eigenvalue weighted by atomic mass is 32.2. The second-order valence-electron chi connectivity index (χ2n) is 3.65. The molecule has 5 nitrogen and oxygen atoms in total. The Morgan fingerprint density at radius 3 is 2.82 bits per heavy atom. The predicted molar refractivity (Wildman–Crippen MR) is 69.8 cm³/mol. The molecular weight excluding hydrogens is 238 g/mol. The summed E-state index contributed by atoms with van der Waals surface area (Å²) < 4.78 is 10.9. The second-order valence-corrected chi connectivity index (χ2v) is 5.21. The lowest BCUT2D eigenvalue weighted by Gasteiger charge is -2.09. The lowest BCUT2D eigenvalue weighted by atomic mass is 10.2. The molecule has 0 bridgehead atoms. The van der Waals surface area contributed by atoms with Gasteiger partial charge < -0.3 is 10.6 Å². The third-order valence-corrected chi connectivity index (χ3v) is 3.01. The van der Waals surface area contributed by atoms with Gasteiger partial charge in [0.25, 0.3) is 5.91 Å². The molecule has 0 aromatic carbocycles. The molecule has 1 aromatic heterocycles. The van der Waals surface area contributed by atoms with E-state index in [-0.39, 0.29) is 5.91 Å². The SMILES string of the molecule is CNc1cc(C)ncc1C(=O)NCCS(C)=O. The molecule has 1 rings (SSSR count). The summed E-state index contributed by atoms with van der Waals surface area (Å²) in [5, 5.41) is 5.67. The first-order valence-electron chi connectivity index (χ1n) is 5.27. The summed E-state index contributed by atoms with van der Waals surface area (Å²) in [5.41, 5.74) is 2.09. The van der Waals surface area contributed by atoms with E-state index in [9.17, 15) is 9.00 Å². The molecule has 0 radical (unpaired) electrons. The van der Waals surface area contributed by atoms with Crippen LogP contribution in [0.15, 0.2) is 12.3 Å². The summed E-state index contributed by atoms with van der Waals surface area (Å²) >= 11 is 0. The molecule has 1 amide bonds. The van der Waals surface area contributed by atoms with Crippen LogP contribution in [0.25, 0.3) is 0 Å². The van der Waals surface area contributed by atoms with Gasteiger partial charge in [-0.2, -0.15) is 0 Å². The lowest BCUT2D eigenvalue weighted by molar-refractivity contribution is 0.0956. The smallest absolute Gasteiger partial charge is 0.254 e. The van der Waals surface area contributed by atoms with Crippen molar-refractivity contribution < 1.29 is 9.00 Å². The summed E-state index contributed by atoms with van der Waals surface area (Å²) in [5.74, 6) is 0.257. The van der Waals surface area contributed by atoms with Crippen molar-refractivity contribution in [3.05, 3.63) is 23.5 Å². The van der Waals surface area contributed by atoms with Crippen LogP contribution in [0.4, 0.5) is 5.69 Å². The molecule has 94 valence electrons. The van der Waals surface area contributed by atoms with Gasteiger partial charge in [-0.15, -0.1) is 0 Å². The van der Waals surface area contributed by atoms with Gasteiger partial charge in [-0.05, 0) is 13.0 Å². The van der Waals surface area contributed by atoms with E-state index in [0.29, 0.717) is 17.9 Å². The van der Waals surface area contributed by atoms with Gasteiger partial charge in [0.15, 0.2) is 0 Å². The third-order valence-electron chi connectivity index (χ3n) is 2.23. The lowest BCUT2D eigenvalue weighted by Crippen LogP contribution is -2.28. The number of aryl methyl sites for hydroxylation is 1. The van der Waals surface area contributed by atoms with Crippen molar-refractivity contribution in [2.75, 3.05) is 30.9 Å². The number of rotatable bonds is 5. The topological polar surface area (TPSA) is 71.1 Å². The first-order chi connectivity index (χ1) is 8.04. The highest BCUT2D eigenvalue weighted by molar-refractivity contribution is 7.84. The van der Waals surface area contributed by atoms with Crippen LogP contribution in [-0.2, 0) is 10.8 Å². The van der Waals surface area contributed by atoms with Gasteiger partial charge in [0.1, 0.15) is 0 Å². The number of nitrogens with one attached hydrogen (secondary N) is 2. The molecule has 0 aliphatic carbocycles.